The van der Waals surface area contributed by atoms with Crippen molar-refractivity contribution < 1.29 is 18.0 Å². The summed E-state index contributed by atoms with van der Waals surface area (Å²) >= 11 is 16.2. The number of nitrogens with one attached hydrogen (secondary N) is 1. The first-order valence-electron chi connectivity index (χ1n) is 12.3. The molecule has 1 aliphatic rings. The molecule has 2 aromatic rings. The molecule has 0 aromatic heterocycles. The van der Waals surface area contributed by atoms with Gasteiger partial charge in [0, 0.05) is 32.7 Å². The van der Waals surface area contributed by atoms with E-state index in [2.05, 4.69) is 21.2 Å². The molecule has 0 radical (unpaired) electrons. The first kappa shape index (κ1) is 29.7. The highest BCUT2D eigenvalue weighted by Gasteiger charge is 2.33. The Kier molecular flexibility index (Phi) is 10.7. The smallest absolute Gasteiger partial charge is 0.244 e. The Morgan fingerprint density at radius 3 is 2.24 bits per heavy atom. The van der Waals surface area contributed by atoms with E-state index in [1.807, 2.05) is 6.92 Å². The Hall–Kier alpha value is -1.81. The van der Waals surface area contributed by atoms with Crippen LogP contribution in [-0.4, -0.2) is 50.0 Å². The molecule has 0 bridgehead atoms. The van der Waals surface area contributed by atoms with Crippen LogP contribution in [0.5, 0.6) is 0 Å². The van der Waals surface area contributed by atoms with Crippen molar-refractivity contribution in [2.45, 2.75) is 64.1 Å². The average molecular weight is 633 g/mol. The van der Waals surface area contributed by atoms with E-state index in [0.717, 1.165) is 42.7 Å². The van der Waals surface area contributed by atoms with Crippen molar-refractivity contribution in [1.82, 2.24) is 10.2 Å². The van der Waals surface area contributed by atoms with E-state index in [1.165, 1.54) is 4.90 Å². The Labute approximate surface area is 237 Å². The van der Waals surface area contributed by atoms with E-state index < -0.39 is 28.5 Å². The number of hydrogen-bond donors (Lipinski definition) is 1. The van der Waals surface area contributed by atoms with Crippen LogP contribution in [0.2, 0.25) is 10.0 Å². The molecular formula is C26H32BrCl2N3O4S. The Morgan fingerprint density at radius 1 is 1.05 bits per heavy atom. The minimum Gasteiger partial charge on any atom is -0.352 e. The second-order valence-corrected chi connectivity index (χ2v) is 12.8. The van der Waals surface area contributed by atoms with Crippen LogP contribution in [-0.2, 0) is 26.2 Å². The highest BCUT2D eigenvalue weighted by molar-refractivity contribution is 9.10. The van der Waals surface area contributed by atoms with Crippen LogP contribution in [0.25, 0.3) is 0 Å². The van der Waals surface area contributed by atoms with Crippen LogP contribution in [0.15, 0.2) is 46.9 Å². The van der Waals surface area contributed by atoms with Crippen LogP contribution >= 0.6 is 39.1 Å². The predicted molar refractivity (Wildman–Crippen MR) is 152 cm³/mol. The number of benzene rings is 2. The van der Waals surface area contributed by atoms with Crippen molar-refractivity contribution in [1.29, 1.82) is 0 Å². The zero-order valence-electron chi connectivity index (χ0n) is 20.9. The maximum atomic E-state index is 13.8. The third-order valence-electron chi connectivity index (χ3n) is 6.53. The third-order valence-corrected chi connectivity index (χ3v) is 9.03. The molecule has 1 N–H and O–H groups in total. The highest BCUT2D eigenvalue weighted by atomic mass is 79.9. The van der Waals surface area contributed by atoms with Gasteiger partial charge < -0.3 is 10.2 Å². The standard InChI is InChI=1S/C26H32BrCl2N3O4S/c1-3-23(26(34)30-18-10-5-4-6-11-18)31(16-19-21(28)13-9-14-22(19)29)25(33)17-32(37(2,35)36)24-15-8-7-12-20(24)27/h7-9,12-15,18,23H,3-6,10-11,16-17H2,1-2H3,(H,30,34)/t23-/m0/s1. The van der Waals surface area contributed by atoms with Gasteiger partial charge >= 0.3 is 0 Å². The van der Waals surface area contributed by atoms with Gasteiger partial charge in [-0.25, -0.2) is 8.42 Å². The van der Waals surface area contributed by atoms with Gasteiger partial charge in [0.25, 0.3) is 0 Å². The Bertz CT molecular complexity index is 1200. The molecular weight excluding hydrogens is 601 g/mol. The number of sulfonamides is 1. The number of para-hydroxylation sites is 1. The van der Waals surface area contributed by atoms with Crippen molar-refractivity contribution in [2.24, 2.45) is 0 Å². The number of halogens is 3. The summed E-state index contributed by atoms with van der Waals surface area (Å²) < 4.78 is 27.1. The second-order valence-electron chi connectivity index (χ2n) is 9.21. The summed E-state index contributed by atoms with van der Waals surface area (Å²) in [4.78, 5) is 28.7. The lowest BCUT2D eigenvalue weighted by molar-refractivity contribution is -0.140. The summed E-state index contributed by atoms with van der Waals surface area (Å²) in [5, 5.41) is 3.83. The fourth-order valence-corrected chi connectivity index (χ4v) is 6.56. The maximum absolute atomic E-state index is 13.8. The Morgan fingerprint density at radius 2 is 1.68 bits per heavy atom. The van der Waals surface area contributed by atoms with Gasteiger partial charge in [-0.1, -0.05) is 67.6 Å². The number of carbonyl (C=O) groups is 2. The minimum atomic E-state index is -3.83. The van der Waals surface area contributed by atoms with Gasteiger partial charge in [-0.2, -0.15) is 0 Å². The summed E-state index contributed by atoms with van der Waals surface area (Å²) in [5.74, 6) is -0.805. The number of anilines is 1. The number of carbonyl (C=O) groups excluding carboxylic acids is 2. The van der Waals surface area contributed by atoms with Crippen molar-refractivity contribution in [3.05, 3.63) is 62.5 Å². The van der Waals surface area contributed by atoms with Gasteiger partial charge in [0.15, 0.2) is 0 Å². The van der Waals surface area contributed by atoms with E-state index in [-0.39, 0.29) is 18.5 Å². The summed E-state index contributed by atoms with van der Waals surface area (Å²) in [7, 11) is -3.83. The quantitative estimate of drug-likeness (QED) is 0.360. The van der Waals surface area contributed by atoms with E-state index in [4.69, 9.17) is 23.2 Å². The molecule has 1 saturated carbocycles. The van der Waals surface area contributed by atoms with Gasteiger partial charge in [-0.3, -0.25) is 13.9 Å². The van der Waals surface area contributed by atoms with E-state index in [9.17, 15) is 18.0 Å². The van der Waals surface area contributed by atoms with Crippen LogP contribution in [0.1, 0.15) is 51.0 Å². The van der Waals surface area contributed by atoms with Gasteiger partial charge in [-0.05, 0) is 59.5 Å². The summed E-state index contributed by atoms with van der Waals surface area (Å²) in [6.07, 6.45) is 6.42. The van der Waals surface area contributed by atoms with Crippen molar-refractivity contribution in [2.75, 3.05) is 17.1 Å². The van der Waals surface area contributed by atoms with Crippen LogP contribution in [0, 0.1) is 0 Å². The summed E-state index contributed by atoms with van der Waals surface area (Å²) in [6, 6.07) is 11.0. The molecule has 2 aromatic carbocycles. The largest absolute Gasteiger partial charge is 0.352 e. The zero-order valence-corrected chi connectivity index (χ0v) is 24.8. The SMILES string of the molecule is CC[C@@H](C(=O)NC1CCCCC1)N(Cc1c(Cl)cccc1Cl)C(=O)CN(c1ccccc1Br)S(C)(=O)=O. The van der Waals surface area contributed by atoms with Crippen molar-refractivity contribution in [3.8, 4) is 0 Å². The molecule has 1 aliphatic carbocycles. The number of rotatable bonds is 10. The van der Waals surface area contributed by atoms with Crippen LogP contribution in [0.3, 0.4) is 0 Å². The maximum Gasteiger partial charge on any atom is 0.244 e. The molecule has 0 aliphatic heterocycles. The number of hydrogen-bond acceptors (Lipinski definition) is 4. The van der Waals surface area contributed by atoms with E-state index >= 15 is 0 Å². The summed E-state index contributed by atoms with van der Waals surface area (Å²) in [5.41, 5.74) is 0.823. The first-order valence-corrected chi connectivity index (χ1v) is 15.7. The molecule has 37 heavy (non-hydrogen) atoms. The molecule has 11 heteroatoms. The molecule has 0 heterocycles. The molecule has 0 spiro atoms. The number of nitrogens with zero attached hydrogens (tertiary/aromatic N) is 2. The molecule has 1 fully saturated rings. The lowest BCUT2D eigenvalue weighted by Crippen LogP contribution is -2.54. The van der Waals surface area contributed by atoms with Gasteiger partial charge in [0.05, 0.1) is 11.9 Å². The number of amides is 2. The highest BCUT2D eigenvalue weighted by Crippen LogP contribution is 2.30. The molecule has 0 unspecified atom stereocenters. The van der Waals surface area contributed by atoms with Gasteiger partial charge in [-0.15, -0.1) is 0 Å². The monoisotopic (exact) mass is 631 g/mol. The minimum absolute atomic E-state index is 0.0402. The predicted octanol–water partition coefficient (Wildman–Crippen LogP) is 5.78. The fourth-order valence-electron chi connectivity index (χ4n) is 4.57. The summed E-state index contributed by atoms with van der Waals surface area (Å²) in [6.45, 7) is 1.29. The average Bonchev–Trinajstić information content (AvgIpc) is 2.84. The van der Waals surface area contributed by atoms with E-state index in [0.29, 0.717) is 32.2 Å². The van der Waals surface area contributed by atoms with Crippen molar-refractivity contribution in [3.63, 3.8) is 0 Å². The van der Waals surface area contributed by atoms with Crippen LogP contribution < -0.4 is 9.62 Å². The normalized spacial score (nSPS) is 15.2. The molecule has 202 valence electrons. The van der Waals surface area contributed by atoms with E-state index in [1.54, 1.807) is 42.5 Å². The molecule has 3 rings (SSSR count). The molecule has 1 atom stereocenters. The molecule has 7 nitrogen and oxygen atoms in total. The molecule has 2 amide bonds. The van der Waals surface area contributed by atoms with Crippen LogP contribution in [0.4, 0.5) is 5.69 Å². The lowest BCUT2D eigenvalue weighted by atomic mass is 9.95. The topological polar surface area (TPSA) is 86.8 Å². The molecule has 0 saturated heterocycles. The van der Waals surface area contributed by atoms with Gasteiger partial charge in [0.1, 0.15) is 12.6 Å². The second kappa shape index (κ2) is 13.3. The fraction of sp³-hybridized carbons (Fsp3) is 0.462. The first-order chi connectivity index (χ1) is 17.5. The zero-order chi connectivity index (χ0) is 27.2. The third kappa shape index (κ3) is 7.85. The Balaban J connectivity index is 1.97. The van der Waals surface area contributed by atoms with Gasteiger partial charge in [0.2, 0.25) is 21.8 Å². The lowest BCUT2D eigenvalue weighted by Gasteiger charge is -2.34. The van der Waals surface area contributed by atoms with Crippen molar-refractivity contribution >= 4 is 66.7 Å².